The van der Waals surface area contributed by atoms with Crippen LogP contribution in [0.2, 0.25) is 0 Å². The van der Waals surface area contributed by atoms with Crippen LogP contribution in [0.3, 0.4) is 0 Å². The van der Waals surface area contributed by atoms with E-state index in [9.17, 15) is 0 Å². The zero-order valence-corrected chi connectivity index (χ0v) is 20.1. The second kappa shape index (κ2) is 19.7. The zero-order chi connectivity index (χ0) is 15.1. The molecule has 0 radical (unpaired) electrons. The second-order valence-corrected chi connectivity index (χ2v) is 15.6. The van der Waals surface area contributed by atoms with Gasteiger partial charge in [0, 0.05) is 0 Å². The van der Waals surface area contributed by atoms with Gasteiger partial charge in [0.1, 0.15) is 0 Å². The SMILES string of the molecule is CP(C)CCP(C)C.CP(C)CCP(C)C.[Cl][Ir]. The molecule has 0 saturated carbocycles. The first-order valence-electron chi connectivity index (χ1n) is 5.97. The van der Waals surface area contributed by atoms with Crippen LogP contribution in [0.25, 0.3) is 0 Å². The summed E-state index contributed by atoms with van der Waals surface area (Å²) in [5.74, 6) is 0. The van der Waals surface area contributed by atoms with E-state index in [-0.39, 0.29) is 0 Å². The monoisotopic (exact) mass is 528 g/mol. The fraction of sp³-hybridized carbons (Fsp3) is 1.00. The summed E-state index contributed by atoms with van der Waals surface area (Å²) < 4.78 is 0. The van der Waals surface area contributed by atoms with Crippen molar-refractivity contribution in [1.82, 2.24) is 0 Å². The van der Waals surface area contributed by atoms with Gasteiger partial charge in [-0.25, -0.2) is 0 Å². The van der Waals surface area contributed by atoms with Crippen molar-refractivity contribution < 1.29 is 17.9 Å². The van der Waals surface area contributed by atoms with Gasteiger partial charge in [-0.3, -0.25) is 0 Å². The molecule has 0 aliphatic carbocycles. The average Bonchev–Trinajstić information content (AvgIpc) is 2.27. The topological polar surface area (TPSA) is 0 Å². The minimum absolute atomic E-state index is 0.383. The number of halogens is 1. The Morgan fingerprint density at radius 3 is 0.667 bits per heavy atom. The normalized spacial score (nSPS) is 10.4. The van der Waals surface area contributed by atoms with E-state index in [1.165, 1.54) is 42.5 Å². The van der Waals surface area contributed by atoms with Gasteiger partial charge in [0.15, 0.2) is 0 Å². The van der Waals surface area contributed by atoms with Crippen LogP contribution >= 0.6 is 41.3 Å². The molecule has 0 aromatic heterocycles. The van der Waals surface area contributed by atoms with Gasteiger partial charge in [0.2, 0.25) is 0 Å². The van der Waals surface area contributed by atoms with Gasteiger partial charge < -0.3 is 0 Å². The number of rotatable bonds is 6. The zero-order valence-electron chi connectivity index (χ0n) is 13.3. The van der Waals surface area contributed by atoms with Gasteiger partial charge in [-0.15, -0.1) is 31.7 Å². The van der Waals surface area contributed by atoms with Crippen LogP contribution in [0.5, 0.6) is 0 Å². The maximum atomic E-state index is 4.64. The predicted octanol–water partition coefficient (Wildman–Crippen LogP) is 5.63. The standard InChI is InChI=1S/2C6H16P2.ClH.Ir/c2*1-7(2)5-6-8(3)4;;/h2*5-6H2,1-4H3;1H;/q;;;+1/p-1. The molecule has 0 aliphatic rings. The molecule has 0 aliphatic heterocycles. The summed E-state index contributed by atoms with van der Waals surface area (Å²) in [4.78, 5) is 0. The molecule has 116 valence electrons. The van der Waals surface area contributed by atoms with Crippen LogP contribution in [0.15, 0.2) is 0 Å². The molecule has 0 atom stereocenters. The quantitative estimate of drug-likeness (QED) is 0.393. The van der Waals surface area contributed by atoms with E-state index in [0.717, 1.165) is 0 Å². The molecule has 0 heterocycles. The summed E-state index contributed by atoms with van der Waals surface area (Å²) in [6.45, 7) is 18.8. The third-order valence-corrected chi connectivity index (χ3v) is 7.17. The molecule has 18 heavy (non-hydrogen) atoms. The van der Waals surface area contributed by atoms with E-state index in [1.54, 1.807) is 0 Å². The molecule has 0 amide bonds. The Balaban J connectivity index is -0.000000219. The summed E-state index contributed by atoms with van der Waals surface area (Å²) in [6.07, 6.45) is 5.92. The number of hydrogen-bond acceptors (Lipinski definition) is 0. The molecule has 0 nitrogen and oxygen atoms in total. The fourth-order valence-electron chi connectivity index (χ4n) is 0.800. The van der Waals surface area contributed by atoms with Crippen molar-refractivity contribution in [2.75, 3.05) is 78.0 Å². The van der Waals surface area contributed by atoms with E-state index in [0.29, 0.717) is 31.7 Å². The third kappa shape index (κ3) is 36.3. The van der Waals surface area contributed by atoms with Crippen LogP contribution in [-0.2, 0) is 17.9 Å². The maximum absolute atomic E-state index is 4.64. The van der Waals surface area contributed by atoms with Crippen molar-refractivity contribution in [3.8, 4) is 0 Å². The molecule has 0 fully saturated rings. The van der Waals surface area contributed by atoms with E-state index >= 15 is 0 Å². The molecule has 0 aromatic carbocycles. The molecule has 0 saturated heterocycles. The first kappa shape index (κ1) is 25.6. The van der Waals surface area contributed by atoms with Crippen molar-refractivity contribution in [3.05, 3.63) is 0 Å². The van der Waals surface area contributed by atoms with E-state index in [4.69, 9.17) is 0 Å². The van der Waals surface area contributed by atoms with Gasteiger partial charge in [-0.05, 0) is 78.0 Å². The Morgan fingerprint density at radius 1 is 0.500 bits per heavy atom. The summed E-state index contributed by atoms with van der Waals surface area (Å²) in [7, 11) is 6.17. The first-order valence-corrected chi connectivity index (χ1v) is 18.6. The van der Waals surface area contributed by atoms with Gasteiger partial charge in [0.05, 0.1) is 0 Å². The summed E-state index contributed by atoms with van der Waals surface area (Å²) in [5.41, 5.74) is 0. The molecule has 0 N–H and O–H groups in total. The molecule has 0 rings (SSSR count). The van der Waals surface area contributed by atoms with Gasteiger partial charge in [-0.1, -0.05) is 0 Å². The Bertz CT molecular complexity index is 112. The second-order valence-electron chi connectivity index (χ2n) is 5.21. The van der Waals surface area contributed by atoms with Crippen molar-refractivity contribution in [1.29, 1.82) is 0 Å². The Labute approximate surface area is 136 Å². The first-order chi connectivity index (χ1) is 8.25. The van der Waals surface area contributed by atoms with Gasteiger partial charge >= 0.3 is 27.5 Å². The van der Waals surface area contributed by atoms with Crippen LogP contribution in [-0.4, -0.2) is 78.0 Å². The van der Waals surface area contributed by atoms with Crippen molar-refractivity contribution in [2.24, 2.45) is 0 Å². The van der Waals surface area contributed by atoms with Crippen LogP contribution in [0, 0.1) is 0 Å². The third-order valence-electron chi connectivity index (χ3n) is 1.99. The Hall–Kier alpha value is 2.66. The van der Waals surface area contributed by atoms with Gasteiger partial charge in [0.25, 0.3) is 0 Å². The Morgan fingerprint density at radius 2 is 0.611 bits per heavy atom. The molecule has 0 bridgehead atoms. The van der Waals surface area contributed by atoms with E-state index in [2.05, 4.69) is 62.9 Å². The van der Waals surface area contributed by atoms with Gasteiger partial charge in [-0.2, -0.15) is 0 Å². The molecule has 0 spiro atoms. The molecular formula is C12H32ClIrP4. The molecule has 6 heteroatoms. The van der Waals surface area contributed by atoms with Crippen molar-refractivity contribution in [3.63, 3.8) is 0 Å². The minimum atomic E-state index is 0.383. The van der Waals surface area contributed by atoms with Crippen LogP contribution < -0.4 is 0 Å². The van der Waals surface area contributed by atoms with E-state index < -0.39 is 0 Å². The van der Waals surface area contributed by atoms with Crippen molar-refractivity contribution in [2.45, 2.75) is 0 Å². The predicted molar refractivity (Wildman–Crippen MR) is 100 cm³/mol. The van der Waals surface area contributed by atoms with Crippen molar-refractivity contribution >= 4 is 41.3 Å². The summed E-state index contributed by atoms with van der Waals surface area (Å²) in [6, 6.07) is 0. The fourth-order valence-corrected chi connectivity index (χ4v) is 7.20. The van der Waals surface area contributed by atoms with Crippen LogP contribution in [0.1, 0.15) is 0 Å². The summed E-state index contributed by atoms with van der Waals surface area (Å²) >= 11 is 1.47. The van der Waals surface area contributed by atoms with E-state index in [1.807, 2.05) is 0 Å². The Kier molecular flexibility index (Phi) is 28.0. The molecule has 0 unspecified atom stereocenters. The van der Waals surface area contributed by atoms with Crippen LogP contribution in [0.4, 0.5) is 0 Å². The molecule has 0 aromatic rings. The molecular weight excluding hydrogens is 496 g/mol. The summed E-state index contributed by atoms with van der Waals surface area (Å²) in [5, 5.41) is 0. The number of hydrogen-bond donors (Lipinski definition) is 0. The average molecular weight is 528 g/mol.